The maximum atomic E-state index is 5.63. The molecule has 0 aromatic carbocycles. The van der Waals surface area contributed by atoms with Crippen molar-refractivity contribution in [3.63, 3.8) is 0 Å². The molecule has 7 heteroatoms. The second-order valence-corrected chi connectivity index (χ2v) is 4.86. The summed E-state index contributed by atoms with van der Waals surface area (Å²) in [6.07, 6.45) is 2.39. The lowest BCUT2D eigenvalue weighted by molar-refractivity contribution is 0.226. The van der Waals surface area contributed by atoms with Crippen molar-refractivity contribution in [3.05, 3.63) is 0 Å². The number of hydrogen-bond donors (Lipinski definition) is 2. The third kappa shape index (κ3) is 4.20. The molecule has 7 nitrogen and oxygen atoms in total. The van der Waals surface area contributed by atoms with Crippen molar-refractivity contribution < 1.29 is 4.74 Å². The summed E-state index contributed by atoms with van der Waals surface area (Å²) in [6.45, 7) is 5.55. The molecule has 0 radical (unpaired) electrons. The average molecular weight is 266 g/mol. The van der Waals surface area contributed by atoms with Crippen LogP contribution >= 0.6 is 0 Å². The van der Waals surface area contributed by atoms with E-state index in [4.69, 9.17) is 10.5 Å². The number of nitrogens with two attached hydrogens (primary N) is 1. The third-order valence-corrected chi connectivity index (χ3v) is 3.29. The Morgan fingerprint density at radius 1 is 1.32 bits per heavy atom. The summed E-state index contributed by atoms with van der Waals surface area (Å²) < 4.78 is 5.24. The summed E-state index contributed by atoms with van der Waals surface area (Å²) in [5.74, 6) is 1.34. The molecule has 1 aromatic rings. The van der Waals surface area contributed by atoms with E-state index in [1.165, 1.54) is 12.8 Å². The Morgan fingerprint density at radius 3 is 2.74 bits per heavy atom. The van der Waals surface area contributed by atoms with E-state index in [0.717, 1.165) is 19.6 Å². The lowest BCUT2D eigenvalue weighted by Crippen LogP contribution is -2.33. The first-order chi connectivity index (χ1) is 9.17. The Balaban J connectivity index is 1.88. The van der Waals surface area contributed by atoms with Crippen molar-refractivity contribution in [3.8, 4) is 6.01 Å². The monoisotopic (exact) mass is 266 g/mol. The van der Waals surface area contributed by atoms with Gasteiger partial charge < -0.3 is 20.7 Å². The van der Waals surface area contributed by atoms with Gasteiger partial charge in [-0.3, -0.25) is 0 Å². The molecule has 0 unspecified atom stereocenters. The molecule has 19 heavy (non-hydrogen) atoms. The SMILES string of the molecule is CCOc1nc(N)nc(NCC2CCN(C)CC2)n1. The molecule has 2 rings (SSSR count). The molecule has 0 spiro atoms. The second kappa shape index (κ2) is 6.51. The van der Waals surface area contributed by atoms with E-state index in [1.54, 1.807) is 0 Å². The number of ether oxygens (including phenoxy) is 1. The van der Waals surface area contributed by atoms with Crippen molar-refractivity contribution in [2.24, 2.45) is 5.92 Å². The van der Waals surface area contributed by atoms with Gasteiger partial charge in [-0.2, -0.15) is 15.0 Å². The highest BCUT2D eigenvalue weighted by Crippen LogP contribution is 2.17. The number of likely N-dealkylation sites (tertiary alicyclic amines) is 1. The van der Waals surface area contributed by atoms with Crippen LogP contribution in [-0.2, 0) is 0 Å². The van der Waals surface area contributed by atoms with Crippen LogP contribution in [0.4, 0.5) is 11.9 Å². The van der Waals surface area contributed by atoms with Gasteiger partial charge in [0.15, 0.2) is 0 Å². The summed E-state index contributed by atoms with van der Waals surface area (Å²) in [7, 11) is 2.16. The van der Waals surface area contributed by atoms with E-state index in [0.29, 0.717) is 18.5 Å². The first-order valence-electron chi connectivity index (χ1n) is 6.74. The fourth-order valence-electron chi connectivity index (χ4n) is 2.15. The Hall–Kier alpha value is -1.63. The summed E-state index contributed by atoms with van der Waals surface area (Å²) in [4.78, 5) is 14.5. The minimum absolute atomic E-state index is 0.185. The van der Waals surface area contributed by atoms with Crippen molar-refractivity contribution in [1.82, 2.24) is 19.9 Å². The first-order valence-corrected chi connectivity index (χ1v) is 6.74. The van der Waals surface area contributed by atoms with Crippen LogP contribution < -0.4 is 15.8 Å². The van der Waals surface area contributed by atoms with Crippen molar-refractivity contribution in [2.75, 3.05) is 44.3 Å². The van der Waals surface area contributed by atoms with Crippen LogP contribution in [0.15, 0.2) is 0 Å². The summed E-state index contributed by atoms with van der Waals surface area (Å²) in [5, 5.41) is 3.23. The molecule has 0 atom stereocenters. The molecule has 1 aliphatic heterocycles. The third-order valence-electron chi connectivity index (χ3n) is 3.29. The normalized spacial score (nSPS) is 17.4. The molecule has 2 heterocycles. The number of rotatable bonds is 5. The lowest BCUT2D eigenvalue weighted by atomic mass is 9.97. The molecule has 1 saturated heterocycles. The molecule has 0 bridgehead atoms. The molecule has 1 aromatic heterocycles. The minimum Gasteiger partial charge on any atom is -0.464 e. The molecule has 1 aliphatic rings. The summed E-state index contributed by atoms with van der Waals surface area (Å²) >= 11 is 0. The van der Waals surface area contributed by atoms with Gasteiger partial charge in [-0.15, -0.1) is 0 Å². The van der Waals surface area contributed by atoms with Gasteiger partial charge in [-0.05, 0) is 45.8 Å². The smallest absolute Gasteiger partial charge is 0.323 e. The maximum absolute atomic E-state index is 5.63. The van der Waals surface area contributed by atoms with Gasteiger partial charge in [-0.1, -0.05) is 0 Å². The predicted octanol–water partition coefficient (Wildman–Crippen LogP) is 0.606. The average Bonchev–Trinajstić information content (AvgIpc) is 2.38. The highest BCUT2D eigenvalue weighted by Gasteiger charge is 2.16. The zero-order chi connectivity index (χ0) is 13.7. The lowest BCUT2D eigenvalue weighted by Gasteiger charge is -2.28. The van der Waals surface area contributed by atoms with Crippen molar-refractivity contribution in [1.29, 1.82) is 0 Å². The molecule has 3 N–H and O–H groups in total. The van der Waals surface area contributed by atoms with Crippen LogP contribution in [0.1, 0.15) is 19.8 Å². The van der Waals surface area contributed by atoms with E-state index in [-0.39, 0.29) is 12.0 Å². The molecule has 0 saturated carbocycles. The quantitative estimate of drug-likeness (QED) is 0.807. The van der Waals surface area contributed by atoms with Gasteiger partial charge in [0.1, 0.15) is 0 Å². The van der Waals surface area contributed by atoms with Crippen molar-refractivity contribution >= 4 is 11.9 Å². The number of nitrogens with one attached hydrogen (secondary N) is 1. The van der Waals surface area contributed by atoms with Crippen LogP contribution in [0.3, 0.4) is 0 Å². The zero-order valence-corrected chi connectivity index (χ0v) is 11.6. The molecule has 106 valence electrons. The second-order valence-electron chi connectivity index (χ2n) is 4.86. The Morgan fingerprint density at radius 2 is 2.05 bits per heavy atom. The number of nitrogens with zero attached hydrogens (tertiary/aromatic N) is 4. The van der Waals surface area contributed by atoms with Crippen LogP contribution in [0.25, 0.3) is 0 Å². The van der Waals surface area contributed by atoms with E-state index >= 15 is 0 Å². The van der Waals surface area contributed by atoms with Crippen LogP contribution in [-0.4, -0.2) is 53.1 Å². The van der Waals surface area contributed by atoms with E-state index < -0.39 is 0 Å². The fraction of sp³-hybridized carbons (Fsp3) is 0.750. The number of piperidine rings is 1. The standard InChI is InChI=1S/C12H22N6O/c1-3-19-12-16-10(13)15-11(17-12)14-8-9-4-6-18(2)7-5-9/h9H,3-8H2,1-2H3,(H3,13,14,15,16,17). The zero-order valence-electron chi connectivity index (χ0n) is 11.6. The predicted molar refractivity (Wildman–Crippen MR) is 74.1 cm³/mol. The van der Waals surface area contributed by atoms with Gasteiger partial charge >= 0.3 is 6.01 Å². The largest absolute Gasteiger partial charge is 0.464 e. The van der Waals surface area contributed by atoms with Gasteiger partial charge in [0.2, 0.25) is 11.9 Å². The van der Waals surface area contributed by atoms with Crippen LogP contribution in [0.2, 0.25) is 0 Å². The number of aromatic nitrogens is 3. The van der Waals surface area contributed by atoms with E-state index in [2.05, 4.69) is 32.2 Å². The van der Waals surface area contributed by atoms with Gasteiger partial charge in [0.05, 0.1) is 6.61 Å². The topological polar surface area (TPSA) is 89.2 Å². The fourth-order valence-corrected chi connectivity index (χ4v) is 2.15. The maximum Gasteiger partial charge on any atom is 0.323 e. The Labute approximate surface area is 113 Å². The molecule has 0 aliphatic carbocycles. The Bertz CT molecular complexity index is 405. The number of nitrogen functional groups attached to an aromatic ring is 1. The molecule has 0 amide bonds. The summed E-state index contributed by atoms with van der Waals surface area (Å²) in [6, 6.07) is 0.279. The van der Waals surface area contributed by atoms with Gasteiger partial charge in [-0.25, -0.2) is 0 Å². The minimum atomic E-state index is 0.185. The van der Waals surface area contributed by atoms with E-state index in [1.807, 2.05) is 6.92 Å². The van der Waals surface area contributed by atoms with Gasteiger partial charge in [0.25, 0.3) is 0 Å². The number of hydrogen-bond acceptors (Lipinski definition) is 7. The molecular formula is C12H22N6O. The van der Waals surface area contributed by atoms with Crippen molar-refractivity contribution in [2.45, 2.75) is 19.8 Å². The first kappa shape index (κ1) is 13.8. The van der Waals surface area contributed by atoms with Crippen LogP contribution in [0.5, 0.6) is 6.01 Å². The van der Waals surface area contributed by atoms with Gasteiger partial charge in [0, 0.05) is 6.54 Å². The highest BCUT2D eigenvalue weighted by atomic mass is 16.5. The molecule has 1 fully saturated rings. The van der Waals surface area contributed by atoms with Crippen LogP contribution in [0, 0.1) is 5.92 Å². The van der Waals surface area contributed by atoms with E-state index in [9.17, 15) is 0 Å². The molecular weight excluding hydrogens is 244 g/mol. The highest BCUT2D eigenvalue weighted by molar-refractivity contribution is 5.32. The Kier molecular flexibility index (Phi) is 4.73. The number of anilines is 2. The summed E-state index contributed by atoms with van der Waals surface area (Å²) in [5.41, 5.74) is 5.63.